The Labute approximate surface area is 91.9 Å². The molecular weight excluding hydrogens is 208 g/mol. The van der Waals surface area contributed by atoms with Gasteiger partial charge in [-0.3, -0.25) is 4.79 Å². The number of amides is 1. The molecule has 0 radical (unpaired) electrons. The fraction of sp³-hybridized carbons (Fsp3) is 0.0909. The van der Waals surface area contributed by atoms with E-state index in [1.165, 1.54) is 11.5 Å². The number of nitrogens with one attached hydrogen (secondary N) is 1. The molecule has 0 aliphatic heterocycles. The zero-order valence-electron chi connectivity index (χ0n) is 8.23. The lowest BCUT2D eigenvalue weighted by atomic mass is 10.2. The van der Waals surface area contributed by atoms with E-state index in [0.29, 0.717) is 5.56 Å². The lowest BCUT2D eigenvalue weighted by molar-refractivity contribution is 0.102. The standard InChI is InChI=1S/C11H10N2OS/c1-8-7-10(15-13-8)12-11(14)9-5-3-2-4-6-9/h2-7H,1H3,(H,12,14). The minimum atomic E-state index is -0.0979. The van der Waals surface area contributed by atoms with Gasteiger partial charge >= 0.3 is 0 Å². The van der Waals surface area contributed by atoms with Crippen LogP contribution in [0.2, 0.25) is 0 Å². The molecule has 1 amide bonds. The van der Waals surface area contributed by atoms with Crippen LogP contribution in [0.1, 0.15) is 16.1 Å². The summed E-state index contributed by atoms with van der Waals surface area (Å²) < 4.78 is 4.09. The van der Waals surface area contributed by atoms with Crippen molar-refractivity contribution >= 4 is 22.4 Å². The molecule has 0 fully saturated rings. The van der Waals surface area contributed by atoms with Crippen molar-refractivity contribution in [2.24, 2.45) is 0 Å². The molecule has 0 aliphatic carbocycles. The van der Waals surface area contributed by atoms with E-state index in [2.05, 4.69) is 9.69 Å². The van der Waals surface area contributed by atoms with Crippen LogP contribution in [0.25, 0.3) is 0 Å². The smallest absolute Gasteiger partial charge is 0.256 e. The molecule has 1 aromatic carbocycles. The maximum Gasteiger partial charge on any atom is 0.256 e. The Kier molecular flexibility index (Phi) is 2.78. The van der Waals surface area contributed by atoms with Crippen molar-refractivity contribution in [1.29, 1.82) is 0 Å². The van der Waals surface area contributed by atoms with Gasteiger partial charge in [0.2, 0.25) is 0 Å². The summed E-state index contributed by atoms with van der Waals surface area (Å²) in [5.74, 6) is -0.0979. The Morgan fingerprint density at radius 2 is 2.07 bits per heavy atom. The predicted octanol–water partition coefficient (Wildman–Crippen LogP) is 2.70. The first-order valence-electron chi connectivity index (χ1n) is 4.55. The van der Waals surface area contributed by atoms with Gasteiger partial charge in [0.1, 0.15) is 5.00 Å². The van der Waals surface area contributed by atoms with Crippen LogP contribution < -0.4 is 5.32 Å². The van der Waals surface area contributed by atoms with Crippen molar-refractivity contribution in [2.45, 2.75) is 6.92 Å². The van der Waals surface area contributed by atoms with E-state index < -0.39 is 0 Å². The fourth-order valence-electron chi connectivity index (χ4n) is 1.20. The van der Waals surface area contributed by atoms with Gasteiger partial charge in [0, 0.05) is 5.56 Å². The number of aromatic nitrogens is 1. The first kappa shape index (κ1) is 9.86. The van der Waals surface area contributed by atoms with Gasteiger partial charge < -0.3 is 5.32 Å². The van der Waals surface area contributed by atoms with Gasteiger partial charge in [-0.25, -0.2) is 0 Å². The van der Waals surface area contributed by atoms with E-state index in [9.17, 15) is 4.79 Å². The summed E-state index contributed by atoms with van der Waals surface area (Å²) in [6.07, 6.45) is 0. The maximum atomic E-state index is 11.7. The zero-order chi connectivity index (χ0) is 10.7. The predicted molar refractivity (Wildman–Crippen MR) is 61.2 cm³/mol. The van der Waals surface area contributed by atoms with E-state index in [1.54, 1.807) is 12.1 Å². The minimum absolute atomic E-state index is 0.0979. The second-order valence-electron chi connectivity index (χ2n) is 3.15. The molecule has 0 saturated carbocycles. The Hall–Kier alpha value is -1.68. The van der Waals surface area contributed by atoms with Crippen molar-refractivity contribution in [1.82, 2.24) is 4.37 Å². The van der Waals surface area contributed by atoms with E-state index in [1.807, 2.05) is 31.2 Å². The van der Waals surface area contributed by atoms with Crippen LogP contribution in [-0.4, -0.2) is 10.3 Å². The molecule has 0 aliphatic rings. The quantitative estimate of drug-likeness (QED) is 0.842. The zero-order valence-corrected chi connectivity index (χ0v) is 9.04. The average Bonchev–Trinajstić information content (AvgIpc) is 2.65. The highest BCUT2D eigenvalue weighted by atomic mass is 32.1. The van der Waals surface area contributed by atoms with E-state index in [0.717, 1.165) is 10.7 Å². The van der Waals surface area contributed by atoms with Crippen LogP contribution in [-0.2, 0) is 0 Å². The summed E-state index contributed by atoms with van der Waals surface area (Å²) in [4.78, 5) is 11.7. The summed E-state index contributed by atoms with van der Waals surface area (Å²) >= 11 is 1.29. The molecule has 76 valence electrons. The van der Waals surface area contributed by atoms with Crippen LogP contribution in [0.15, 0.2) is 36.4 Å². The van der Waals surface area contributed by atoms with E-state index in [-0.39, 0.29) is 5.91 Å². The normalized spacial score (nSPS) is 9.93. The number of rotatable bonds is 2. The van der Waals surface area contributed by atoms with Crippen LogP contribution in [0.4, 0.5) is 5.00 Å². The summed E-state index contributed by atoms with van der Waals surface area (Å²) in [6.45, 7) is 1.90. The molecule has 1 N–H and O–H groups in total. The number of nitrogens with zero attached hydrogens (tertiary/aromatic N) is 1. The first-order chi connectivity index (χ1) is 7.25. The molecule has 3 nitrogen and oxygen atoms in total. The Bertz CT molecular complexity index is 464. The monoisotopic (exact) mass is 218 g/mol. The molecule has 2 aromatic rings. The number of carbonyl (C=O) groups excluding carboxylic acids is 1. The second kappa shape index (κ2) is 4.23. The second-order valence-corrected chi connectivity index (χ2v) is 3.96. The molecule has 4 heteroatoms. The van der Waals surface area contributed by atoms with Gasteiger partial charge in [-0.1, -0.05) is 18.2 Å². The van der Waals surface area contributed by atoms with Crippen molar-refractivity contribution in [3.63, 3.8) is 0 Å². The summed E-state index contributed by atoms with van der Waals surface area (Å²) in [5, 5.41) is 3.58. The van der Waals surface area contributed by atoms with Gasteiger partial charge in [-0.2, -0.15) is 4.37 Å². The van der Waals surface area contributed by atoms with Gasteiger partial charge in [0.05, 0.1) is 5.69 Å². The van der Waals surface area contributed by atoms with Crippen molar-refractivity contribution < 1.29 is 4.79 Å². The topological polar surface area (TPSA) is 42.0 Å². The van der Waals surface area contributed by atoms with Gasteiger partial charge in [0.25, 0.3) is 5.91 Å². The van der Waals surface area contributed by atoms with Gasteiger partial charge in [0.15, 0.2) is 0 Å². The largest absolute Gasteiger partial charge is 0.312 e. The summed E-state index contributed by atoms with van der Waals surface area (Å²) in [6, 6.07) is 11.0. The van der Waals surface area contributed by atoms with Crippen LogP contribution >= 0.6 is 11.5 Å². The summed E-state index contributed by atoms with van der Waals surface area (Å²) in [7, 11) is 0. The number of hydrogen-bond donors (Lipinski definition) is 1. The van der Waals surface area contributed by atoms with Crippen molar-refractivity contribution in [3.8, 4) is 0 Å². The van der Waals surface area contributed by atoms with Gasteiger partial charge in [-0.15, -0.1) is 0 Å². The van der Waals surface area contributed by atoms with Crippen molar-refractivity contribution in [2.75, 3.05) is 5.32 Å². The van der Waals surface area contributed by atoms with Crippen LogP contribution in [0.5, 0.6) is 0 Å². The number of anilines is 1. The lowest BCUT2D eigenvalue weighted by Crippen LogP contribution is -2.10. The number of benzene rings is 1. The highest BCUT2D eigenvalue weighted by Gasteiger charge is 2.06. The molecule has 1 aromatic heterocycles. The highest BCUT2D eigenvalue weighted by Crippen LogP contribution is 2.16. The fourth-order valence-corrected chi connectivity index (χ4v) is 1.85. The number of hydrogen-bond acceptors (Lipinski definition) is 3. The summed E-state index contributed by atoms with van der Waals surface area (Å²) in [5.41, 5.74) is 1.58. The number of aryl methyl sites for hydroxylation is 1. The minimum Gasteiger partial charge on any atom is -0.312 e. The molecule has 0 bridgehead atoms. The molecule has 0 atom stereocenters. The molecule has 1 heterocycles. The lowest BCUT2D eigenvalue weighted by Gasteiger charge is -2.00. The van der Waals surface area contributed by atoms with Crippen molar-refractivity contribution in [3.05, 3.63) is 47.7 Å². The Balaban J connectivity index is 2.11. The third-order valence-corrected chi connectivity index (χ3v) is 2.70. The molecule has 0 saturated heterocycles. The van der Waals surface area contributed by atoms with E-state index in [4.69, 9.17) is 0 Å². The molecule has 0 spiro atoms. The molecule has 0 unspecified atom stereocenters. The molecular formula is C11H10N2OS. The van der Waals surface area contributed by atoms with Crippen LogP contribution in [0, 0.1) is 6.92 Å². The third kappa shape index (κ3) is 2.41. The maximum absolute atomic E-state index is 11.7. The number of carbonyl (C=O) groups is 1. The SMILES string of the molecule is Cc1cc(NC(=O)c2ccccc2)sn1. The van der Waals surface area contributed by atoms with E-state index >= 15 is 0 Å². The third-order valence-electron chi connectivity index (χ3n) is 1.90. The first-order valence-corrected chi connectivity index (χ1v) is 5.33. The molecule has 2 rings (SSSR count). The highest BCUT2D eigenvalue weighted by molar-refractivity contribution is 7.10. The van der Waals surface area contributed by atoms with Gasteiger partial charge in [-0.05, 0) is 36.7 Å². The Morgan fingerprint density at radius 1 is 1.33 bits per heavy atom. The Morgan fingerprint density at radius 3 is 2.67 bits per heavy atom. The molecule has 15 heavy (non-hydrogen) atoms. The van der Waals surface area contributed by atoms with Crippen LogP contribution in [0.3, 0.4) is 0 Å². The average molecular weight is 218 g/mol.